The molecule has 30 heavy (non-hydrogen) atoms. The van der Waals surface area contributed by atoms with Gasteiger partial charge in [-0.3, -0.25) is 4.79 Å². The van der Waals surface area contributed by atoms with Crippen LogP contribution in [0.1, 0.15) is 22.3 Å². The van der Waals surface area contributed by atoms with Crippen molar-refractivity contribution in [3.05, 3.63) is 59.9 Å². The van der Waals surface area contributed by atoms with Crippen molar-refractivity contribution in [3.63, 3.8) is 0 Å². The summed E-state index contributed by atoms with van der Waals surface area (Å²) in [6.45, 7) is 1.69. The Morgan fingerprint density at radius 3 is 2.77 bits per heavy atom. The van der Waals surface area contributed by atoms with Gasteiger partial charge in [-0.15, -0.1) is 0 Å². The molecule has 0 aliphatic carbocycles. The van der Waals surface area contributed by atoms with Crippen LogP contribution in [0.5, 0.6) is 5.75 Å². The van der Waals surface area contributed by atoms with Gasteiger partial charge in [0.05, 0.1) is 5.56 Å². The lowest BCUT2D eigenvalue weighted by Gasteiger charge is -2.14. The quantitative estimate of drug-likeness (QED) is 0.570. The number of hydrogen-bond acceptors (Lipinski definition) is 8. The molecule has 4 N–H and O–H groups in total. The normalized spacial score (nSPS) is 15.4. The summed E-state index contributed by atoms with van der Waals surface area (Å²) in [5, 5.41) is 15.8. The maximum Gasteiger partial charge on any atom is 0.248 e. The standard InChI is InChI=1S/C21H19N7O2/c22-10-15-9-14(3-6-18(15)30-17-7-8-24-11-17)20-25-12-26-21(28-20)27-16-4-1-13(2-5-16)19(23)29/h1-6,9,12,17,24H,7-8,11H2,(H2,23,29)(H,25,26,27,28)/t17-/m1/s1. The molecule has 1 aliphatic rings. The average Bonchev–Trinajstić information content (AvgIpc) is 3.28. The molecule has 9 heteroatoms. The lowest BCUT2D eigenvalue weighted by atomic mass is 10.1. The van der Waals surface area contributed by atoms with Crippen molar-refractivity contribution >= 4 is 17.5 Å². The van der Waals surface area contributed by atoms with Gasteiger partial charge in [0.15, 0.2) is 5.82 Å². The highest BCUT2D eigenvalue weighted by Gasteiger charge is 2.18. The Bertz CT molecular complexity index is 1100. The van der Waals surface area contributed by atoms with Crippen molar-refractivity contribution < 1.29 is 9.53 Å². The Morgan fingerprint density at radius 2 is 2.07 bits per heavy atom. The number of rotatable bonds is 6. The summed E-state index contributed by atoms with van der Waals surface area (Å²) in [7, 11) is 0. The Morgan fingerprint density at radius 1 is 1.23 bits per heavy atom. The van der Waals surface area contributed by atoms with Crippen molar-refractivity contribution in [1.29, 1.82) is 5.26 Å². The third-order valence-electron chi connectivity index (χ3n) is 4.66. The molecule has 1 aliphatic heterocycles. The van der Waals surface area contributed by atoms with Gasteiger partial charge < -0.3 is 21.1 Å². The summed E-state index contributed by atoms with van der Waals surface area (Å²) in [5.41, 5.74) is 7.47. The van der Waals surface area contributed by atoms with Crippen LogP contribution < -0.4 is 21.1 Å². The zero-order valence-corrected chi connectivity index (χ0v) is 16.0. The van der Waals surface area contributed by atoms with E-state index in [2.05, 4.69) is 31.7 Å². The number of amides is 1. The number of nitriles is 1. The maximum atomic E-state index is 11.2. The number of primary amides is 1. The van der Waals surface area contributed by atoms with Gasteiger partial charge in [0.25, 0.3) is 0 Å². The van der Waals surface area contributed by atoms with Gasteiger partial charge in [-0.1, -0.05) is 0 Å². The number of nitrogens with two attached hydrogens (primary N) is 1. The fourth-order valence-electron chi connectivity index (χ4n) is 3.11. The second-order valence-corrected chi connectivity index (χ2v) is 6.75. The summed E-state index contributed by atoms with van der Waals surface area (Å²) in [5.74, 6) is 0.820. The van der Waals surface area contributed by atoms with E-state index in [4.69, 9.17) is 10.5 Å². The molecule has 0 bridgehead atoms. The minimum absolute atomic E-state index is 0.0666. The molecule has 1 fully saturated rings. The van der Waals surface area contributed by atoms with E-state index in [-0.39, 0.29) is 6.10 Å². The van der Waals surface area contributed by atoms with Crippen molar-refractivity contribution in [2.24, 2.45) is 5.73 Å². The predicted molar refractivity (Wildman–Crippen MR) is 110 cm³/mol. The molecule has 0 radical (unpaired) electrons. The van der Waals surface area contributed by atoms with Crippen LogP contribution in [0.15, 0.2) is 48.8 Å². The van der Waals surface area contributed by atoms with Gasteiger partial charge in [0.2, 0.25) is 11.9 Å². The maximum absolute atomic E-state index is 11.2. The Labute approximate surface area is 172 Å². The van der Waals surface area contributed by atoms with Crippen molar-refractivity contribution in [2.45, 2.75) is 12.5 Å². The molecule has 0 unspecified atom stereocenters. The zero-order valence-electron chi connectivity index (χ0n) is 16.0. The van der Waals surface area contributed by atoms with E-state index >= 15 is 0 Å². The lowest BCUT2D eigenvalue weighted by Crippen LogP contribution is -2.20. The second-order valence-electron chi connectivity index (χ2n) is 6.75. The number of nitrogens with one attached hydrogen (secondary N) is 2. The molecule has 1 amide bonds. The third-order valence-corrected chi connectivity index (χ3v) is 4.66. The summed E-state index contributed by atoms with van der Waals surface area (Å²) < 4.78 is 5.93. The summed E-state index contributed by atoms with van der Waals surface area (Å²) in [6, 6.07) is 14.1. The van der Waals surface area contributed by atoms with E-state index in [0.29, 0.717) is 39.9 Å². The molecule has 1 aromatic heterocycles. The lowest BCUT2D eigenvalue weighted by molar-refractivity contribution is 0.100. The molecular weight excluding hydrogens is 382 g/mol. The molecule has 1 saturated heterocycles. The van der Waals surface area contributed by atoms with E-state index in [9.17, 15) is 10.1 Å². The minimum atomic E-state index is -0.492. The predicted octanol–water partition coefficient (Wildman–Crippen LogP) is 1.99. The van der Waals surface area contributed by atoms with Gasteiger partial charge in [-0.2, -0.15) is 10.2 Å². The van der Waals surface area contributed by atoms with Crippen LogP contribution in [-0.4, -0.2) is 40.1 Å². The zero-order chi connectivity index (χ0) is 20.9. The van der Waals surface area contributed by atoms with Crippen molar-refractivity contribution in [1.82, 2.24) is 20.3 Å². The van der Waals surface area contributed by atoms with E-state index in [1.54, 1.807) is 36.4 Å². The third kappa shape index (κ3) is 4.34. The first-order chi connectivity index (χ1) is 14.6. The first-order valence-electron chi connectivity index (χ1n) is 9.40. The van der Waals surface area contributed by atoms with Crippen LogP contribution in [0.2, 0.25) is 0 Å². The Balaban J connectivity index is 1.54. The monoisotopic (exact) mass is 401 g/mol. The largest absolute Gasteiger partial charge is 0.488 e. The Hall–Kier alpha value is -4.03. The molecule has 2 heterocycles. The van der Waals surface area contributed by atoms with Crippen LogP contribution >= 0.6 is 0 Å². The highest BCUT2D eigenvalue weighted by atomic mass is 16.5. The van der Waals surface area contributed by atoms with Crippen molar-refractivity contribution in [3.8, 4) is 23.2 Å². The van der Waals surface area contributed by atoms with Gasteiger partial charge in [0.1, 0.15) is 24.3 Å². The number of aromatic nitrogens is 3. The molecule has 9 nitrogen and oxygen atoms in total. The van der Waals surface area contributed by atoms with Gasteiger partial charge in [-0.25, -0.2) is 9.97 Å². The van der Waals surface area contributed by atoms with Crippen LogP contribution in [0.3, 0.4) is 0 Å². The van der Waals surface area contributed by atoms with Crippen LogP contribution in [0.25, 0.3) is 11.4 Å². The number of benzene rings is 2. The molecular formula is C21H19N7O2. The molecule has 4 rings (SSSR count). The SMILES string of the molecule is N#Cc1cc(-c2ncnc(Nc3ccc(C(N)=O)cc3)n2)ccc1O[C@@H]1CCNC1. The highest BCUT2D eigenvalue weighted by Crippen LogP contribution is 2.26. The van der Waals surface area contributed by atoms with E-state index < -0.39 is 5.91 Å². The van der Waals surface area contributed by atoms with E-state index in [0.717, 1.165) is 19.5 Å². The Kier molecular flexibility index (Phi) is 5.50. The minimum Gasteiger partial charge on any atom is -0.488 e. The number of carbonyl (C=O) groups is 1. The average molecular weight is 401 g/mol. The smallest absolute Gasteiger partial charge is 0.248 e. The topological polar surface area (TPSA) is 139 Å². The van der Waals surface area contributed by atoms with Crippen LogP contribution in [-0.2, 0) is 0 Å². The van der Waals surface area contributed by atoms with E-state index in [1.165, 1.54) is 6.33 Å². The fourth-order valence-corrected chi connectivity index (χ4v) is 3.11. The molecule has 1 atom stereocenters. The van der Waals surface area contributed by atoms with E-state index in [1.807, 2.05) is 6.07 Å². The number of hydrogen-bond donors (Lipinski definition) is 3. The first kappa shape index (κ1) is 19.3. The van der Waals surface area contributed by atoms with Gasteiger partial charge in [-0.05, 0) is 55.4 Å². The molecule has 2 aromatic carbocycles. The second kappa shape index (κ2) is 8.55. The number of ether oxygens (including phenoxy) is 1. The number of anilines is 2. The molecule has 0 saturated carbocycles. The van der Waals surface area contributed by atoms with Gasteiger partial charge in [0, 0.05) is 23.4 Å². The number of nitrogens with zero attached hydrogens (tertiary/aromatic N) is 4. The highest BCUT2D eigenvalue weighted by molar-refractivity contribution is 5.93. The molecule has 3 aromatic rings. The molecule has 0 spiro atoms. The summed E-state index contributed by atoms with van der Waals surface area (Å²) in [6.07, 6.45) is 2.37. The van der Waals surface area contributed by atoms with Crippen LogP contribution in [0.4, 0.5) is 11.6 Å². The first-order valence-corrected chi connectivity index (χ1v) is 9.40. The van der Waals surface area contributed by atoms with Crippen LogP contribution in [0, 0.1) is 11.3 Å². The summed E-state index contributed by atoms with van der Waals surface area (Å²) in [4.78, 5) is 23.9. The fraction of sp³-hybridized carbons (Fsp3) is 0.190. The molecule has 150 valence electrons. The van der Waals surface area contributed by atoms with Gasteiger partial charge >= 0.3 is 0 Å². The number of carbonyl (C=O) groups excluding carboxylic acids is 1. The summed E-state index contributed by atoms with van der Waals surface area (Å²) >= 11 is 0. The van der Waals surface area contributed by atoms with Crippen molar-refractivity contribution in [2.75, 3.05) is 18.4 Å².